The van der Waals surface area contributed by atoms with Crippen LogP contribution in [0.5, 0.6) is 0 Å². The van der Waals surface area contributed by atoms with Gasteiger partial charge in [-0.25, -0.2) is 4.98 Å². The van der Waals surface area contributed by atoms with Crippen LogP contribution in [0, 0.1) is 29.6 Å². The largest absolute Gasteiger partial charge is 0.397 e. The molecule has 2 aromatic rings. The average molecular weight is 257 g/mol. The third-order valence-corrected chi connectivity index (χ3v) is 3.44. The maximum Gasteiger partial charge on any atom is 0.107 e. The summed E-state index contributed by atoms with van der Waals surface area (Å²) in [7, 11) is 0. The number of hydrogen-bond donors (Lipinski definition) is 1. The quantitative estimate of drug-likeness (QED) is 0.671. The van der Waals surface area contributed by atoms with Crippen LogP contribution >= 0.6 is 11.3 Å². The van der Waals surface area contributed by atoms with Crippen LogP contribution in [0.2, 0.25) is 0 Å². The summed E-state index contributed by atoms with van der Waals surface area (Å²) in [6, 6.07) is 7.75. The zero-order valence-corrected chi connectivity index (χ0v) is 10.7. The first kappa shape index (κ1) is 12.2. The van der Waals surface area contributed by atoms with Gasteiger partial charge in [-0.05, 0) is 19.1 Å². The molecule has 0 aliphatic rings. The topological polar surface area (TPSA) is 89.7 Å². The van der Waals surface area contributed by atoms with Crippen molar-refractivity contribution in [3.63, 3.8) is 0 Å². The van der Waals surface area contributed by atoms with Gasteiger partial charge in [0.2, 0.25) is 0 Å². The molecule has 0 saturated heterocycles. The number of anilines is 2. The second-order valence-electron chi connectivity index (χ2n) is 3.78. The summed E-state index contributed by atoms with van der Waals surface area (Å²) in [6.07, 6.45) is 0. The normalized spacial score (nSPS) is 9.94. The van der Waals surface area contributed by atoms with Gasteiger partial charge in [0.05, 0.1) is 38.7 Å². The Balaban J connectivity index is 2.52. The minimum absolute atomic E-state index is 0.131. The number of aryl methyl sites for hydroxylation is 1. The van der Waals surface area contributed by atoms with Crippen molar-refractivity contribution in [2.75, 3.05) is 23.7 Å². The Kier molecular flexibility index (Phi) is 3.31. The second-order valence-corrected chi connectivity index (χ2v) is 5.02. The summed E-state index contributed by atoms with van der Waals surface area (Å²) >= 11 is 1.57. The lowest BCUT2D eigenvalue weighted by Gasteiger charge is -2.19. The van der Waals surface area contributed by atoms with E-state index in [-0.39, 0.29) is 13.1 Å². The summed E-state index contributed by atoms with van der Waals surface area (Å²) in [5, 5.41) is 18.5. The van der Waals surface area contributed by atoms with Gasteiger partial charge in [0, 0.05) is 0 Å². The Labute approximate surface area is 109 Å². The van der Waals surface area contributed by atoms with E-state index in [4.69, 9.17) is 16.3 Å². The van der Waals surface area contributed by atoms with Gasteiger partial charge >= 0.3 is 0 Å². The molecule has 0 atom stereocenters. The number of nitrogens with zero attached hydrogens (tertiary/aromatic N) is 4. The van der Waals surface area contributed by atoms with Gasteiger partial charge < -0.3 is 10.6 Å². The fraction of sp³-hybridized carbons (Fsp3) is 0.250. The van der Waals surface area contributed by atoms with Crippen LogP contribution in [0.4, 0.5) is 11.4 Å². The van der Waals surface area contributed by atoms with Crippen molar-refractivity contribution in [1.82, 2.24) is 4.98 Å². The van der Waals surface area contributed by atoms with Crippen LogP contribution in [-0.4, -0.2) is 18.1 Å². The summed E-state index contributed by atoms with van der Waals surface area (Å²) in [5.74, 6) is 0. The van der Waals surface area contributed by atoms with E-state index in [0.717, 1.165) is 15.2 Å². The monoisotopic (exact) mass is 257 g/mol. The molecule has 0 amide bonds. The summed E-state index contributed by atoms with van der Waals surface area (Å²) in [4.78, 5) is 6.03. The van der Waals surface area contributed by atoms with E-state index >= 15 is 0 Å². The van der Waals surface area contributed by atoms with Crippen molar-refractivity contribution in [2.24, 2.45) is 0 Å². The highest BCUT2D eigenvalue weighted by Gasteiger charge is 2.12. The SMILES string of the molecule is Cc1nc2cc(N(CC#N)CC#N)c(N)cc2s1. The lowest BCUT2D eigenvalue weighted by atomic mass is 10.2. The molecule has 0 spiro atoms. The third-order valence-electron chi connectivity index (χ3n) is 2.51. The highest BCUT2D eigenvalue weighted by Crippen LogP contribution is 2.31. The molecule has 0 unspecified atom stereocenters. The number of hydrogen-bond acceptors (Lipinski definition) is 6. The minimum atomic E-state index is 0.131. The molecule has 6 heteroatoms. The summed E-state index contributed by atoms with van der Waals surface area (Å²) in [5.41, 5.74) is 8.08. The minimum Gasteiger partial charge on any atom is -0.397 e. The Morgan fingerprint density at radius 1 is 1.33 bits per heavy atom. The second kappa shape index (κ2) is 4.91. The van der Waals surface area contributed by atoms with Crippen molar-refractivity contribution < 1.29 is 0 Å². The van der Waals surface area contributed by atoms with Gasteiger partial charge in [0.1, 0.15) is 13.1 Å². The zero-order chi connectivity index (χ0) is 13.1. The van der Waals surface area contributed by atoms with Crippen molar-refractivity contribution >= 4 is 32.9 Å². The molecular weight excluding hydrogens is 246 g/mol. The number of rotatable bonds is 3. The molecule has 1 aromatic carbocycles. The van der Waals surface area contributed by atoms with Crippen molar-refractivity contribution in [3.05, 3.63) is 17.1 Å². The van der Waals surface area contributed by atoms with Crippen molar-refractivity contribution in [2.45, 2.75) is 6.92 Å². The molecule has 90 valence electrons. The summed E-state index contributed by atoms with van der Waals surface area (Å²) < 4.78 is 1.02. The molecule has 1 aromatic heterocycles. The van der Waals surface area contributed by atoms with Crippen LogP contribution in [0.3, 0.4) is 0 Å². The maximum atomic E-state index is 8.78. The average Bonchev–Trinajstić information content (AvgIpc) is 2.67. The maximum absolute atomic E-state index is 8.78. The number of benzene rings is 1. The predicted molar refractivity (Wildman–Crippen MR) is 72.2 cm³/mol. The molecule has 2 N–H and O–H groups in total. The van der Waals surface area contributed by atoms with Crippen molar-refractivity contribution in [3.8, 4) is 12.1 Å². The van der Waals surface area contributed by atoms with Gasteiger partial charge in [0.25, 0.3) is 0 Å². The van der Waals surface area contributed by atoms with Crippen LogP contribution in [-0.2, 0) is 0 Å². The first-order valence-corrected chi connectivity index (χ1v) is 6.13. The molecule has 0 aliphatic carbocycles. The Morgan fingerprint density at radius 2 is 2.00 bits per heavy atom. The number of fused-ring (bicyclic) bond motifs is 1. The van der Waals surface area contributed by atoms with Crippen LogP contribution in [0.15, 0.2) is 12.1 Å². The third kappa shape index (κ3) is 2.20. The van der Waals surface area contributed by atoms with Crippen LogP contribution in [0.1, 0.15) is 5.01 Å². The standard InChI is InChI=1S/C12H11N5S/c1-8-16-10-7-11(9(15)6-12(10)18-8)17(4-2-13)5-3-14/h6-7H,4-5,15H2,1H3. The molecule has 0 fully saturated rings. The fourth-order valence-corrected chi connectivity index (χ4v) is 2.62. The molecule has 1 heterocycles. The Hall–Kier alpha value is -2.31. The Morgan fingerprint density at radius 3 is 2.61 bits per heavy atom. The zero-order valence-electron chi connectivity index (χ0n) is 9.84. The van der Waals surface area contributed by atoms with Gasteiger partial charge in [0.15, 0.2) is 0 Å². The van der Waals surface area contributed by atoms with E-state index in [0.29, 0.717) is 11.4 Å². The van der Waals surface area contributed by atoms with Crippen LogP contribution in [0.25, 0.3) is 10.2 Å². The van der Waals surface area contributed by atoms with E-state index in [1.807, 2.05) is 31.2 Å². The molecule has 0 bridgehead atoms. The molecule has 0 aliphatic heterocycles. The summed E-state index contributed by atoms with van der Waals surface area (Å²) in [6.45, 7) is 2.20. The lowest BCUT2D eigenvalue weighted by Crippen LogP contribution is -2.24. The molecule has 0 radical (unpaired) electrons. The highest BCUT2D eigenvalue weighted by atomic mass is 32.1. The molecular formula is C12H11N5S. The predicted octanol–water partition coefficient (Wildman–Crippen LogP) is 2.04. The number of thiazole rings is 1. The van der Waals surface area contributed by atoms with Gasteiger partial charge in [-0.15, -0.1) is 11.3 Å². The smallest absolute Gasteiger partial charge is 0.107 e. The number of aromatic nitrogens is 1. The van der Waals surface area contributed by atoms with E-state index in [2.05, 4.69) is 4.98 Å². The Bertz CT molecular complexity index is 645. The lowest BCUT2D eigenvalue weighted by molar-refractivity contribution is 0.969. The number of nitrogens with two attached hydrogens (primary N) is 1. The molecule has 2 rings (SSSR count). The molecule has 18 heavy (non-hydrogen) atoms. The first-order valence-electron chi connectivity index (χ1n) is 5.31. The molecule has 0 saturated carbocycles. The fourth-order valence-electron chi connectivity index (χ4n) is 1.76. The van der Waals surface area contributed by atoms with E-state index < -0.39 is 0 Å². The highest BCUT2D eigenvalue weighted by molar-refractivity contribution is 7.18. The van der Waals surface area contributed by atoms with E-state index in [9.17, 15) is 0 Å². The first-order chi connectivity index (χ1) is 8.65. The van der Waals surface area contributed by atoms with Crippen LogP contribution < -0.4 is 10.6 Å². The van der Waals surface area contributed by atoms with E-state index in [1.54, 1.807) is 16.2 Å². The van der Waals surface area contributed by atoms with Gasteiger partial charge in [-0.1, -0.05) is 0 Å². The van der Waals surface area contributed by atoms with Gasteiger partial charge in [-0.2, -0.15) is 10.5 Å². The van der Waals surface area contributed by atoms with Crippen molar-refractivity contribution in [1.29, 1.82) is 10.5 Å². The van der Waals surface area contributed by atoms with Gasteiger partial charge in [-0.3, -0.25) is 0 Å². The van der Waals surface area contributed by atoms with E-state index in [1.165, 1.54) is 0 Å². The number of nitriles is 2. The molecule has 5 nitrogen and oxygen atoms in total. The number of nitrogen functional groups attached to an aromatic ring is 1.